The van der Waals surface area contributed by atoms with Gasteiger partial charge >= 0.3 is 0 Å². The Kier molecular flexibility index (Phi) is 4.83. The number of anilines is 1. The van der Waals surface area contributed by atoms with Crippen LogP contribution in [0.4, 0.5) is 5.95 Å². The Hall–Kier alpha value is -3.19. The molecule has 0 unspecified atom stereocenters. The van der Waals surface area contributed by atoms with Crippen LogP contribution in [0.2, 0.25) is 0 Å². The number of hydrogen-bond donors (Lipinski definition) is 4. The van der Waals surface area contributed by atoms with Crippen molar-refractivity contribution in [2.75, 3.05) is 38.1 Å². The fourth-order valence-electron chi connectivity index (χ4n) is 3.58. The van der Waals surface area contributed by atoms with E-state index in [-0.39, 0.29) is 5.56 Å². The van der Waals surface area contributed by atoms with E-state index in [0.29, 0.717) is 22.6 Å². The van der Waals surface area contributed by atoms with E-state index in [1.165, 1.54) is 0 Å². The molecule has 2 aliphatic rings. The maximum Gasteiger partial charge on any atom is 0.260 e. The molecule has 0 amide bonds. The third-order valence-electron chi connectivity index (χ3n) is 5.11. The molecule has 1 aromatic heterocycles. The van der Waals surface area contributed by atoms with Crippen LogP contribution in [0.3, 0.4) is 0 Å². The lowest BCUT2D eigenvalue weighted by Crippen LogP contribution is -2.44. The van der Waals surface area contributed by atoms with Crippen molar-refractivity contribution in [3.8, 4) is 0 Å². The van der Waals surface area contributed by atoms with E-state index in [2.05, 4.69) is 20.5 Å². The van der Waals surface area contributed by atoms with Crippen molar-refractivity contribution in [3.63, 3.8) is 0 Å². The minimum Gasteiger partial charge on any atom is -0.393 e. The number of nitrogens with zero attached hydrogens (tertiary/aromatic N) is 2. The third kappa shape index (κ3) is 3.36. The van der Waals surface area contributed by atoms with Crippen molar-refractivity contribution in [3.05, 3.63) is 63.6 Å². The van der Waals surface area contributed by atoms with Crippen LogP contribution >= 0.6 is 0 Å². The first kappa shape index (κ1) is 18.2. The molecule has 2 aromatic rings. The topological polar surface area (TPSA) is 96.9 Å². The maximum absolute atomic E-state index is 12.6. The fraction of sp³-hybridized carbons (Fsp3) is 0.286. The van der Waals surface area contributed by atoms with Crippen molar-refractivity contribution < 1.29 is 0 Å². The molecule has 0 atom stereocenters. The lowest BCUT2D eigenvalue weighted by atomic mass is 9.90. The predicted molar refractivity (Wildman–Crippen MR) is 114 cm³/mol. The second kappa shape index (κ2) is 7.44. The summed E-state index contributed by atoms with van der Waals surface area (Å²) in [7, 11) is 1.82. The molecule has 7 heteroatoms. The van der Waals surface area contributed by atoms with Gasteiger partial charge < -0.3 is 15.5 Å². The molecule has 2 heterocycles. The molecule has 4 rings (SSSR count). The summed E-state index contributed by atoms with van der Waals surface area (Å²) in [5.41, 5.74) is 4.79. The number of aromatic amines is 1. The van der Waals surface area contributed by atoms with Gasteiger partial charge in [-0.25, -0.2) is 4.98 Å². The van der Waals surface area contributed by atoms with Crippen molar-refractivity contribution >= 4 is 28.1 Å². The Morgan fingerprint density at radius 1 is 1.25 bits per heavy atom. The van der Waals surface area contributed by atoms with E-state index in [1.807, 2.05) is 50.5 Å². The monoisotopic (exact) mass is 376 g/mol. The van der Waals surface area contributed by atoms with E-state index in [0.717, 1.165) is 48.5 Å². The van der Waals surface area contributed by atoms with Crippen LogP contribution in [0.25, 0.3) is 16.5 Å². The smallest absolute Gasteiger partial charge is 0.260 e. The standard InChI is InChI=1S/C21H24N6O/c1-13-9-15(10-16(12-23-2)19(13)22)14-3-4-17-18(11-14)25-21(26-20(17)28)27-7-5-24-6-8-27/h3-4,9-12,22-24H,5-8H2,1-2H3,(H,25,26,28)/b16-12-,22-19?. The average Bonchev–Trinajstić information content (AvgIpc) is 2.71. The van der Waals surface area contributed by atoms with Crippen LogP contribution in [-0.4, -0.2) is 48.9 Å². The number of hydrogen-bond acceptors (Lipinski definition) is 6. The number of allylic oxidation sites excluding steroid dienone is 5. The molecule has 0 radical (unpaired) electrons. The number of fused-ring (bicyclic) bond motifs is 1. The molecule has 4 N–H and O–H groups in total. The number of piperazine rings is 1. The quantitative estimate of drug-likeness (QED) is 0.655. The Morgan fingerprint density at radius 2 is 2.04 bits per heavy atom. The van der Waals surface area contributed by atoms with Gasteiger partial charge in [-0.05, 0) is 47.9 Å². The zero-order valence-electron chi connectivity index (χ0n) is 16.1. The highest BCUT2D eigenvalue weighted by molar-refractivity contribution is 6.16. The largest absolute Gasteiger partial charge is 0.393 e. The van der Waals surface area contributed by atoms with Gasteiger partial charge in [0.2, 0.25) is 5.95 Å². The van der Waals surface area contributed by atoms with E-state index >= 15 is 0 Å². The second-order valence-electron chi connectivity index (χ2n) is 7.05. The normalized spacial score (nSPS) is 19.0. The van der Waals surface area contributed by atoms with E-state index in [1.54, 1.807) is 0 Å². The van der Waals surface area contributed by atoms with Crippen LogP contribution < -0.4 is 21.1 Å². The van der Waals surface area contributed by atoms with Crippen LogP contribution in [0.5, 0.6) is 0 Å². The van der Waals surface area contributed by atoms with Gasteiger partial charge in [0.15, 0.2) is 0 Å². The first-order valence-electron chi connectivity index (χ1n) is 9.43. The molecule has 7 nitrogen and oxygen atoms in total. The maximum atomic E-state index is 12.6. The number of nitrogens with one attached hydrogen (secondary N) is 4. The summed E-state index contributed by atoms with van der Waals surface area (Å²) >= 11 is 0. The van der Waals surface area contributed by atoms with Gasteiger partial charge in [0, 0.05) is 45.0 Å². The van der Waals surface area contributed by atoms with Gasteiger partial charge in [-0.1, -0.05) is 6.07 Å². The molecular formula is C21H24N6O. The molecule has 1 saturated heterocycles. The molecule has 1 aromatic carbocycles. The third-order valence-corrected chi connectivity index (χ3v) is 5.11. The summed E-state index contributed by atoms with van der Waals surface area (Å²) in [5.74, 6) is 0.623. The van der Waals surface area contributed by atoms with E-state index in [9.17, 15) is 4.79 Å². The first-order valence-corrected chi connectivity index (χ1v) is 9.43. The zero-order valence-corrected chi connectivity index (χ0v) is 16.1. The molecule has 1 aliphatic heterocycles. The summed E-state index contributed by atoms with van der Waals surface area (Å²) in [4.78, 5) is 22.3. The summed E-state index contributed by atoms with van der Waals surface area (Å²) in [5, 5.41) is 15.1. The van der Waals surface area contributed by atoms with Gasteiger partial charge in [0.05, 0.1) is 16.6 Å². The fourth-order valence-corrected chi connectivity index (χ4v) is 3.58. The van der Waals surface area contributed by atoms with Crippen molar-refractivity contribution in [1.82, 2.24) is 20.6 Å². The highest BCUT2D eigenvalue weighted by Crippen LogP contribution is 2.28. The molecule has 0 bridgehead atoms. The van der Waals surface area contributed by atoms with Crippen LogP contribution in [0.15, 0.2) is 52.5 Å². The minimum absolute atomic E-state index is 0.119. The molecular weight excluding hydrogens is 352 g/mol. The molecule has 1 aliphatic carbocycles. The lowest BCUT2D eigenvalue weighted by Gasteiger charge is -2.27. The molecule has 144 valence electrons. The van der Waals surface area contributed by atoms with Crippen LogP contribution in [0.1, 0.15) is 12.5 Å². The van der Waals surface area contributed by atoms with Crippen LogP contribution in [-0.2, 0) is 0 Å². The van der Waals surface area contributed by atoms with Crippen molar-refractivity contribution in [2.24, 2.45) is 0 Å². The highest BCUT2D eigenvalue weighted by Gasteiger charge is 2.17. The number of benzene rings is 1. The Bertz CT molecular complexity index is 1090. The van der Waals surface area contributed by atoms with Crippen molar-refractivity contribution in [2.45, 2.75) is 6.92 Å². The van der Waals surface area contributed by atoms with Gasteiger partial charge in [0.25, 0.3) is 5.56 Å². The van der Waals surface area contributed by atoms with Gasteiger partial charge in [0.1, 0.15) is 0 Å². The Morgan fingerprint density at radius 3 is 2.79 bits per heavy atom. The predicted octanol–water partition coefficient (Wildman–Crippen LogP) is 1.80. The lowest BCUT2D eigenvalue weighted by molar-refractivity contribution is 0.580. The van der Waals surface area contributed by atoms with Crippen molar-refractivity contribution in [1.29, 1.82) is 5.41 Å². The number of rotatable bonds is 3. The zero-order chi connectivity index (χ0) is 19.7. The summed E-state index contributed by atoms with van der Waals surface area (Å²) in [6, 6.07) is 5.71. The van der Waals surface area contributed by atoms with Gasteiger partial charge in [-0.3, -0.25) is 15.2 Å². The number of aromatic nitrogens is 2. The minimum atomic E-state index is -0.119. The molecule has 0 spiro atoms. The highest BCUT2D eigenvalue weighted by atomic mass is 16.1. The number of H-pyrrole nitrogens is 1. The molecule has 0 saturated carbocycles. The second-order valence-corrected chi connectivity index (χ2v) is 7.05. The van der Waals surface area contributed by atoms with E-state index in [4.69, 9.17) is 10.4 Å². The van der Waals surface area contributed by atoms with Crippen LogP contribution in [0, 0.1) is 5.41 Å². The Balaban J connectivity index is 1.78. The first-order chi connectivity index (χ1) is 13.6. The summed E-state index contributed by atoms with van der Waals surface area (Å²) < 4.78 is 0. The molecule has 1 fully saturated rings. The Labute approximate surface area is 163 Å². The SMILES string of the molecule is CN/C=C1/C=C(c2ccc3c(=O)[nH]c(N4CCNCC4)nc3c2)C=C(C)C1=N. The summed E-state index contributed by atoms with van der Waals surface area (Å²) in [6.45, 7) is 5.34. The molecule has 28 heavy (non-hydrogen) atoms. The van der Waals surface area contributed by atoms with E-state index < -0.39 is 0 Å². The van der Waals surface area contributed by atoms with Gasteiger partial charge in [-0.2, -0.15) is 0 Å². The van der Waals surface area contributed by atoms with Gasteiger partial charge in [-0.15, -0.1) is 0 Å². The average molecular weight is 376 g/mol. The summed E-state index contributed by atoms with van der Waals surface area (Å²) in [6.07, 6.45) is 5.81.